The molecule has 0 bridgehead atoms. The zero-order valence-electron chi connectivity index (χ0n) is 17.7. The number of aryl methyl sites for hydroxylation is 1. The SMILES string of the molecule is N#Cc1c(OCc2ccccc2)cc(CO)c2onc(CCC3CCN(C(=O)O)CC3)c12. The number of carboxylic acid groups (broad SMARTS) is 1. The molecule has 2 aromatic carbocycles. The fourth-order valence-electron chi connectivity index (χ4n) is 4.22. The molecule has 1 aromatic heterocycles. The van der Waals surface area contributed by atoms with E-state index in [1.54, 1.807) is 6.07 Å². The Hall–Kier alpha value is -3.57. The van der Waals surface area contributed by atoms with E-state index >= 15 is 0 Å². The number of nitrogens with zero attached hydrogens (tertiary/aromatic N) is 3. The van der Waals surface area contributed by atoms with Gasteiger partial charge in [-0.15, -0.1) is 0 Å². The maximum Gasteiger partial charge on any atom is 0.407 e. The lowest BCUT2D eigenvalue weighted by molar-refractivity contribution is 0.123. The highest BCUT2D eigenvalue weighted by molar-refractivity contribution is 5.90. The number of benzene rings is 2. The third-order valence-corrected chi connectivity index (χ3v) is 6.05. The van der Waals surface area contributed by atoms with Crippen molar-refractivity contribution in [2.45, 2.75) is 38.9 Å². The lowest BCUT2D eigenvalue weighted by Crippen LogP contribution is -2.37. The van der Waals surface area contributed by atoms with Gasteiger partial charge in [0.05, 0.1) is 17.7 Å². The van der Waals surface area contributed by atoms with Crippen LogP contribution < -0.4 is 4.74 Å². The second-order valence-electron chi connectivity index (χ2n) is 8.04. The lowest BCUT2D eigenvalue weighted by atomic mass is 9.91. The van der Waals surface area contributed by atoms with Gasteiger partial charge in [0.25, 0.3) is 0 Å². The van der Waals surface area contributed by atoms with Crippen LogP contribution in [-0.2, 0) is 19.6 Å². The first-order chi connectivity index (χ1) is 15.6. The molecule has 8 nitrogen and oxygen atoms in total. The first kappa shape index (κ1) is 21.7. The zero-order valence-corrected chi connectivity index (χ0v) is 17.7. The van der Waals surface area contributed by atoms with Gasteiger partial charge >= 0.3 is 6.09 Å². The van der Waals surface area contributed by atoms with Gasteiger partial charge in [0, 0.05) is 18.7 Å². The molecule has 0 spiro atoms. The Balaban J connectivity index is 1.56. The van der Waals surface area contributed by atoms with E-state index in [0.29, 0.717) is 65.6 Å². The average molecular weight is 435 g/mol. The highest BCUT2D eigenvalue weighted by Gasteiger charge is 2.25. The number of likely N-dealkylation sites (tertiary alicyclic amines) is 1. The van der Waals surface area contributed by atoms with Crippen molar-refractivity contribution in [3.8, 4) is 11.8 Å². The number of fused-ring (bicyclic) bond motifs is 1. The molecule has 1 fully saturated rings. The first-order valence-corrected chi connectivity index (χ1v) is 10.7. The number of piperidine rings is 1. The number of hydrogen-bond acceptors (Lipinski definition) is 6. The Morgan fingerprint density at radius 3 is 2.69 bits per heavy atom. The Morgan fingerprint density at radius 1 is 1.28 bits per heavy atom. The third kappa shape index (κ3) is 4.53. The lowest BCUT2D eigenvalue weighted by Gasteiger charge is -2.29. The minimum atomic E-state index is -0.871. The summed E-state index contributed by atoms with van der Waals surface area (Å²) in [7, 11) is 0. The van der Waals surface area contributed by atoms with E-state index < -0.39 is 6.09 Å². The number of hydrogen-bond donors (Lipinski definition) is 2. The van der Waals surface area contributed by atoms with E-state index in [9.17, 15) is 15.2 Å². The molecule has 1 aliphatic rings. The summed E-state index contributed by atoms with van der Waals surface area (Å²) in [5.41, 5.74) is 2.92. The van der Waals surface area contributed by atoms with Crippen molar-refractivity contribution in [2.24, 2.45) is 5.92 Å². The molecule has 0 aliphatic carbocycles. The minimum Gasteiger partial charge on any atom is -0.487 e. The second kappa shape index (κ2) is 9.71. The van der Waals surface area contributed by atoms with Crippen LogP contribution in [0.15, 0.2) is 40.9 Å². The van der Waals surface area contributed by atoms with E-state index in [1.165, 1.54) is 4.90 Å². The quantitative estimate of drug-likeness (QED) is 0.573. The van der Waals surface area contributed by atoms with Crippen molar-refractivity contribution in [2.75, 3.05) is 13.1 Å². The molecule has 166 valence electrons. The Kier molecular flexibility index (Phi) is 6.57. The molecule has 2 heterocycles. The van der Waals surface area contributed by atoms with Crippen molar-refractivity contribution in [3.05, 3.63) is 58.8 Å². The number of rotatable bonds is 7. The van der Waals surface area contributed by atoms with Gasteiger partial charge in [-0.1, -0.05) is 35.5 Å². The number of aliphatic hydroxyl groups is 1. The first-order valence-electron chi connectivity index (χ1n) is 10.7. The molecule has 32 heavy (non-hydrogen) atoms. The largest absolute Gasteiger partial charge is 0.487 e. The normalized spacial score (nSPS) is 14.4. The molecule has 4 rings (SSSR count). The van der Waals surface area contributed by atoms with Crippen LogP contribution in [0.5, 0.6) is 5.75 Å². The van der Waals surface area contributed by atoms with E-state index in [4.69, 9.17) is 14.4 Å². The number of ether oxygens (including phenoxy) is 1. The monoisotopic (exact) mass is 435 g/mol. The van der Waals surface area contributed by atoms with E-state index in [0.717, 1.165) is 24.8 Å². The number of aromatic nitrogens is 1. The van der Waals surface area contributed by atoms with Gasteiger partial charge in [-0.2, -0.15) is 5.26 Å². The fraction of sp³-hybridized carbons (Fsp3) is 0.375. The van der Waals surface area contributed by atoms with Gasteiger partial charge in [-0.05, 0) is 43.2 Å². The standard InChI is InChI=1S/C24H25N3O5/c25-13-19-21(31-15-17-4-2-1-3-5-17)12-18(14-28)23-22(19)20(26-32-23)7-6-16-8-10-27(11-9-16)24(29)30/h1-5,12,16,28H,6-11,14-15H2,(H,29,30). The Labute approximate surface area is 185 Å². The summed E-state index contributed by atoms with van der Waals surface area (Å²) in [5.74, 6) is 0.782. The summed E-state index contributed by atoms with van der Waals surface area (Å²) in [4.78, 5) is 12.5. The van der Waals surface area contributed by atoms with Crippen LogP contribution >= 0.6 is 0 Å². The van der Waals surface area contributed by atoms with Crippen LogP contribution in [0.1, 0.15) is 41.6 Å². The van der Waals surface area contributed by atoms with E-state index in [1.807, 2.05) is 30.3 Å². The predicted octanol–water partition coefficient (Wildman–Crippen LogP) is 4.09. The maximum absolute atomic E-state index is 11.1. The second-order valence-corrected chi connectivity index (χ2v) is 8.04. The highest BCUT2D eigenvalue weighted by atomic mass is 16.5. The van der Waals surface area contributed by atoms with Crippen molar-refractivity contribution in [3.63, 3.8) is 0 Å². The van der Waals surface area contributed by atoms with Crippen molar-refractivity contribution < 1.29 is 24.3 Å². The van der Waals surface area contributed by atoms with Gasteiger partial charge in [-0.25, -0.2) is 4.79 Å². The summed E-state index contributed by atoms with van der Waals surface area (Å²) in [6.45, 7) is 1.12. The van der Waals surface area contributed by atoms with Crippen LogP contribution in [0, 0.1) is 17.2 Å². The van der Waals surface area contributed by atoms with Crippen LogP contribution in [-0.4, -0.2) is 39.5 Å². The molecule has 1 amide bonds. The summed E-state index contributed by atoms with van der Waals surface area (Å²) < 4.78 is 11.5. The third-order valence-electron chi connectivity index (χ3n) is 6.05. The summed E-state index contributed by atoms with van der Waals surface area (Å²) in [6, 6.07) is 13.5. The smallest absolute Gasteiger partial charge is 0.407 e. The summed E-state index contributed by atoms with van der Waals surface area (Å²) in [5, 5.41) is 33.6. The molecule has 0 atom stereocenters. The molecule has 0 radical (unpaired) electrons. The number of aliphatic hydroxyl groups excluding tert-OH is 1. The molecule has 0 saturated carbocycles. The highest BCUT2D eigenvalue weighted by Crippen LogP contribution is 2.35. The summed E-state index contributed by atoms with van der Waals surface area (Å²) >= 11 is 0. The van der Waals surface area contributed by atoms with Crippen LogP contribution in [0.25, 0.3) is 11.0 Å². The van der Waals surface area contributed by atoms with Crippen LogP contribution in [0.2, 0.25) is 0 Å². The molecule has 1 saturated heterocycles. The van der Waals surface area contributed by atoms with E-state index in [-0.39, 0.29) is 6.61 Å². The molecule has 8 heteroatoms. The van der Waals surface area contributed by atoms with Gasteiger partial charge < -0.3 is 24.4 Å². The zero-order chi connectivity index (χ0) is 22.5. The molecule has 3 aromatic rings. The minimum absolute atomic E-state index is 0.258. The van der Waals surface area contributed by atoms with Crippen molar-refractivity contribution in [1.29, 1.82) is 5.26 Å². The van der Waals surface area contributed by atoms with Gasteiger partial charge in [0.15, 0.2) is 5.58 Å². The molecular weight excluding hydrogens is 410 g/mol. The van der Waals surface area contributed by atoms with E-state index in [2.05, 4.69) is 11.2 Å². The molecule has 1 aliphatic heterocycles. The Bertz CT molecular complexity index is 1130. The summed E-state index contributed by atoms with van der Waals surface area (Å²) in [6.07, 6.45) is 2.17. The fourth-order valence-corrected chi connectivity index (χ4v) is 4.22. The van der Waals surface area contributed by atoms with Gasteiger partial charge in [0.2, 0.25) is 0 Å². The van der Waals surface area contributed by atoms with Gasteiger partial charge in [0.1, 0.15) is 24.0 Å². The van der Waals surface area contributed by atoms with Crippen LogP contribution in [0.3, 0.4) is 0 Å². The molecular formula is C24H25N3O5. The topological polar surface area (TPSA) is 120 Å². The number of amides is 1. The van der Waals surface area contributed by atoms with Crippen LogP contribution in [0.4, 0.5) is 4.79 Å². The average Bonchev–Trinajstić information content (AvgIpc) is 3.25. The van der Waals surface area contributed by atoms with Crippen molar-refractivity contribution >= 4 is 17.1 Å². The van der Waals surface area contributed by atoms with Crippen molar-refractivity contribution in [1.82, 2.24) is 10.1 Å². The number of carbonyl (C=O) groups is 1. The maximum atomic E-state index is 11.1. The number of nitriles is 1. The molecule has 0 unspecified atom stereocenters. The van der Waals surface area contributed by atoms with Gasteiger partial charge in [-0.3, -0.25) is 0 Å². The Morgan fingerprint density at radius 2 is 2.03 bits per heavy atom. The molecule has 2 N–H and O–H groups in total. The predicted molar refractivity (Wildman–Crippen MR) is 116 cm³/mol.